The van der Waals surface area contributed by atoms with Gasteiger partial charge in [0, 0.05) is 31.6 Å². The lowest BCUT2D eigenvalue weighted by atomic mass is 10.0. The highest BCUT2D eigenvalue weighted by Gasteiger charge is 2.31. The van der Waals surface area contributed by atoms with E-state index in [1.807, 2.05) is 22.9 Å². The molecule has 1 aliphatic heterocycles. The summed E-state index contributed by atoms with van der Waals surface area (Å²) in [6.45, 7) is 1.97. The molecule has 150 valence electrons. The minimum Gasteiger partial charge on any atom is -0.355 e. The monoisotopic (exact) mass is 425 g/mol. The number of nitrogens with zero attached hydrogens (tertiary/aromatic N) is 4. The van der Waals surface area contributed by atoms with Crippen molar-refractivity contribution in [3.05, 3.63) is 58.2 Å². The average molecular weight is 426 g/mol. The van der Waals surface area contributed by atoms with Crippen LogP contribution in [0.4, 0.5) is 0 Å². The number of amides is 1. The van der Waals surface area contributed by atoms with Crippen molar-refractivity contribution in [3.63, 3.8) is 0 Å². The van der Waals surface area contributed by atoms with E-state index in [0.29, 0.717) is 25.7 Å². The molecule has 6 nitrogen and oxygen atoms in total. The number of thiophene rings is 1. The first-order valence-corrected chi connectivity index (χ1v) is 11.3. The van der Waals surface area contributed by atoms with Gasteiger partial charge in [-0.05, 0) is 42.1 Å². The van der Waals surface area contributed by atoms with Crippen LogP contribution in [0.3, 0.4) is 0 Å². The normalized spacial score (nSPS) is 20.4. The number of rotatable bonds is 5. The summed E-state index contributed by atoms with van der Waals surface area (Å²) < 4.78 is 4.93. The minimum atomic E-state index is 0.0110. The molecule has 1 N–H and O–H groups in total. The van der Waals surface area contributed by atoms with E-state index in [1.165, 1.54) is 0 Å². The highest BCUT2D eigenvalue weighted by molar-refractivity contribution is 7.71. The van der Waals surface area contributed by atoms with Crippen LogP contribution < -0.4 is 5.32 Å². The lowest BCUT2D eigenvalue weighted by molar-refractivity contribution is -0.121. The van der Waals surface area contributed by atoms with Crippen LogP contribution in [0.25, 0.3) is 10.7 Å². The van der Waals surface area contributed by atoms with Crippen LogP contribution in [0.2, 0.25) is 0 Å². The maximum absolute atomic E-state index is 12.3. The standard InChI is InChI=1S/C21H23N5OS2/c27-19-13-17(15-5-2-1-3-6-15)24(11-10-22-19)14-25-21(28)26(16-8-9-16)20(23-25)18-7-4-12-29-18/h1-7,12,16-17H,8-11,13-14H2,(H,22,27). The third-order valence-electron chi connectivity index (χ3n) is 5.56. The van der Waals surface area contributed by atoms with E-state index in [-0.39, 0.29) is 11.9 Å². The van der Waals surface area contributed by atoms with Crippen molar-refractivity contribution in [1.29, 1.82) is 0 Å². The molecular weight excluding hydrogens is 402 g/mol. The second-order valence-electron chi connectivity index (χ2n) is 7.62. The molecule has 1 unspecified atom stereocenters. The van der Waals surface area contributed by atoms with Crippen LogP contribution in [-0.2, 0) is 11.5 Å². The molecular formula is C21H23N5OS2. The third kappa shape index (κ3) is 3.80. The van der Waals surface area contributed by atoms with Gasteiger partial charge >= 0.3 is 0 Å². The Balaban J connectivity index is 1.50. The molecule has 1 aliphatic carbocycles. The zero-order valence-electron chi connectivity index (χ0n) is 16.0. The highest BCUT2D eigenvalue weighted by atomic mass is 32.1. The van der Waals surface area contributed by atoms with Gasteiger partial charge < -0.3 is 5.32 Å². The summed E-state index contributed by atoms with van der Waals surface area (Å²) in [4.78, 5) is 15.7. The van der Waals surface area contributed by atoms with Gasteiger partial charge in [0.25, 0.3) is 0 Å². The SMILES string of the molecule is O=C1CC(c2ccccc2)N(Cn2nc(-c3cccs3)n(C3CC3)c2=S)CCN1. The fourth-order valence-electron chi connectivity index (χ4n) is 3.96. The van der Waals surface area contributed by atoms with Crippen molar-refractivity contribution in [2.24, 2.45) is 0 Å². The zero-order valence-corrected chi connectivity index (χ0v) is 17.7. The van der Waals surface area contributed by atoms with Gasteiger partial charge in [0.05, 0.1) is 11.5 Å². The zero-order chi connectivity index (χ0) is 19.8. The van der Waals surface area contributed by atoms with Crippen LogP contribution >= 0.6 is 23.6 Å². The van der Waals surface area contributed by atoms with Gasteiger partial charge in [-0.3, -0.25) is 14.3 Å². The number of benzene rings is 1. The Hall–Kier alpha value is -2.29. The van der Waals surface area contributed by atoms with Crippen molar-refractivity contribution in [3.8, 4) is 10.7 Å². The molecule has 2 aliphatic rings. The van der Waals surface area contributed by atoms with Crippen LogP contribution in [0, 0.1) is 4.77 Å². The molecule has 2 aromatic heterocycles. The number of aromatic nitrogens is 3. The number of carbonyl (C=O) groups excluding carboxylic acids is 1. The highest BCUT2D eigenvalue weighted by Crippen LogP contribution is 2.39. The molecule has 1 saturated carbocycles. The quantitative estimate of drug-likeness (QED) is 0.628. The second-order valence-corrected chi connectivity index (χ2v) is 8.93. The Morgan fingerprint density at radius 3 is 2.72 bits per heavy atom. The Kier molecular flexibility index (Phi) is 5.07. The minimum absolute atomic E-state index is 0.0110. The van der Waals surface area contributed by atoms with Crippen LogP contribution in [-0.4, -0.2) is 38.2 Å². The van der Waals surface area contributed by atoms with Gasteiger partial charge in [-0.15, -0.1) is 16.4 Å². The molecule has 29 heavy (non-hydrogen) atoms. The maximum Gasteiger partial charge on any atom is 0.221 e. The van der Waals surface area contributed by atoms with Crippen molar-refractivity contribution in [1.82, 2.24) is 24.6 Å². The van der Waals surface area contributed by atoms with E-state index in [0.717, 1.165) is 40.4 Å². The van der Waals surface area contributed by atoms with Crippen LogP contribution in [0.1, 0.15) is 36.9 Å². The number of carbonyl (C=O) groups is 1. The van der Waals surface area contributed by atoms with Gasteiger partial charge in [-0.1, -0.05) is 36.4 Å². The van der Waals surface area contributed by atoms with Gasteiger partial charge in [0.15, 0.2) is 10.6 Å². The summed E-state index contributed by atoms with van der Waals surface area (Å²) in [6.07, 6.45) is 2.76. The van der Waals surface area contributed by atoms with E-state index in [1.54, 1.807) is 11.3 Å². The first-order chi connectivity index (χ1) is 14.2. The summed E-state index contributed by atoms with van der Waals surface area (Å²) in [7, 11) is 0. The summed E-state index contributed by atoms with van der Waals surface area (Å²) in [5.74, 6) is 1.06. The Bertz CT molecular complexity index is 1050. The smallest absolute Gasteiger partial charge is 0.221 e. The molecule has 1 amide bonds. The van der Waals surface area contributed by atoms with E-state index in [2.05, 4.69) is 44.4 Å². The average Bonchev–Trinajstić information content (AvgIpc) is 3.36. The largest absolute Gasteiger partial charge is 0.355 e. The van der Waals surface area contributed by atoms with E-state index in [4.69, 9.17) is 17.3 Å². The fourth-order valence-corrected chi connectivity index (χ4v) is 5.00. The lowest BCUT2D eigenvalue weighted by Gasteiger charge is -2.29. The van der Waals surface area contributed by atoms with Gasteiger partial charge in [-0.25, -0.2) is 4.68 Å². The van der Waals surface area contributed by atoms with Crippen molar-refractivity contribution < 1.29 is 4.79 Å². The maximum atomic E-state index is 12.3. The van der Waals surface area contributed by atoms with Crippen molar-refractivity contribution in [2.45, 2.75) is 38.0 Å². The predicted molar refractivity (Wildman–Crippen MR) is 116 cm³/mol. The molecule has 1 atom stereocenters. The molecule has 3 aromatic rings. The Morgan fingerprint density at radius 1 is 1.17 bits per heavy atom. The molecule has 1 saturated heterocycles. The van der Waals surface area contributed by atoms with E-state index >= 15 is 0 Å². The molecule has 8 heteroatoms. The molecule has 3 heterocycles. The first kappa shape index (κ1) is 18.7. The number of hydrogen-bond donors (Lipinski definition) is 1. The third-order valence-corrected chi connectivity index (χ3v) is 6.84. The van der Waals surface area contributed by atoms with Crippen molar-refractivity contribution in [2.75, 3.05) is 13.1 Å². The summed E-state index contributed by atoms with van der Waals surface area (Å²) >= 11 is 7.54. The lowest BCUT2D eigenvalue weighted by Crippen LogP contribution is -2.33. The van der Waals surface area contributed by atoms with Crippen LogP contribution in [0.15, 0.2) is 47.8 Å². The number of hydrogen-bond acceptors (Lipinski definition) is 5. The second kappa shape index (κ2) is 7.85. The van der Waals surface area contributed by atoms with Crippen molar-refractivity contribution >= 4 is 29.5 Å². The molecule has 5 rings (SSSR count). The summed E-state index contributed by atoms with van der Waals surface area (Å²) in [5, 5.41) is 10.0. The van der Waals surface area contributed by atoms with E-state index < -0.39 is 0 Å². The Labute approximate surface area is 178 Å². The first-order valence-electron chi connectivity index (χ1n) is 9.99. The van der Waals surface area contributed by atoms with Gasteiger partial charge in [0.1, 0.15) is 0 Å². The number of nitrogens with one attached hydrogen (secondary N) is 1. The summed E-state index contributed by atoms with van der Waals surface area (Å²) in [6, 6.07) is 14.9. The van der Waals surface area contributed by atoms with Crippen LogP contribution in [0.5, 0.6) is 0 Å². The molecule has 0 bridgehead atoms. The molecule has 0 radical (unpaired) electrons. The fraction of sp³-hybridized carbons (Fsp3) is 0.381. The summed E-state index contributed by atoms with van der Waals surface area (Å²) in [5.41, 5.74) is 1.15. The molecule has 1 aromatic carbocycles. The van der Waals surface area contributed by atoms with Gasteiger partial charge in [-0.2, -0.15) is 0 Å². The molecule has 2 fully saturated rings. The van der Waals surface area contributed by atoms with E-state index in [9.17, 15) is 4.79 Å². The topological polar surface area (TPSA) is 55.1 Å². The Morgan fingerprint density at radius 2 is 2.00 bits per heavy atom. The predicted octanol–water partition coefficient (Wildman–Crippen LogP) is 4.00. The molecule has 0 spiro atoms. The van der Waals surface area contributed by atoms with Gasteiger partial charge in [0.2, 0.25) is 5.91 Å².